The lowest BCUT2D eigenvalue weighted by Gasteiger charge is -2.09. The highest BCUT2D eigenvalue weighted by Gasteiger charge is 2.09. The van der Waals surface area contributed by atoms with Crippen LogP contribution in [0.2, 0.25) is 0 Å². The van der Waals surface area contributed by atoms with Gasteiger partial charge in [-0.05, 0) is 41.3 Å². The maximum atomic E-state index is 10.4. The predicted octanol–water partition coefficient (Wildman–Crippen LogP) is 3.22. The average Bonchev–Trinajstić information content (AvgIpc) is 2.03. The Morgan fingerprint density at radius 2 is 2.00 bits per heavy atom. The van der Waals surface area contributed by atoms with Crippen molar-refractivity contribution in [3.8, 4) is 5.75 Å². The number of phenolic OH excluding ortho intramolecular Hbond substituents is 1. The molecule has 0 bridgehead atoms. The molecule has 0 saturated heterocycles. The summed E-state index contributed by atoms with van der Waals surface area (Å²) in [5.74, 6) is 0.431. The number of nitroso groups, excluding NO2 is 1. The Labute approximate surface area is 77.4 Å². The summed E-state index contributed by atoms with van der Waals surface area (Å²) in [4.78, 5) is 10.4. The number of phenols is 1. The first-order valence-electron chi connectivity index (χ1n) is 4.23. The van der Waals surface area contributed by atoms with Crippen molar-refractivity contribution in [1.29, 1.82) is 0 Å². The van der Waals surface area contributed by atoms with E-state index in [-0.39, 0.29) is 11.7 Å². The van der Waals surface area contributed by atoms with Crippen LogP contribution in [0.3, 0.4) is 0 Å². The van der Waals surface area contributed by atoms with Crippen LogP contribution in [0.1, 0.15) is 30.9 Å². The van der Waals surface area contributed by atoms with E-state index < -0.39 is 0 Å². The van der Waals surface area contributed by atoms with Crippen LogP contribution in [-0.4, -0.2) is 5.11 Å². The molecule has 3 nitrogen and oxygen atoms in total. The van der Waals surface area contributed by atoms with E-state index in [1.165, 1.54) is 0 Å². The number of aryl methyl sites for hydroxylation is 1. The van der Waals surface area contributed by atoms with Crippen molar-refractivity contribution in [3.63, 3.8) is 0 Å². The van der Waals surface area contributed by atoms with E-state index in [0.717, 1.165) is 5.56 Å². The summed E-state index contributed by atoms with van der Waals surface area (Å²) in [5, 5.41) is 12.4. The summed E-state index contributed by atoms with van der Waals surface area (Å²) in [7, 11) is 0. The molecule has 0 fully saturated rings. The molecule has 0 unspecified atom stereocenters. The van der Waals surface area contributed by atoms with E-state index in [1.807, 2.05) is 13.8 Å². The molecule has 0 aliphatic heterocycles. The van der Waals surface area contributed by atoms with Gasteiger partial charge in [0.2, 0.25) is 0 Å². The zero-order chi connectivity index (χ0) is 10.0. The van der Waals surface area contributed by atoms with Crippen LogP contribution in [0, 0.1) is 11.8 Å². The second-order valence-electron chi connectivity index (χ2n) is 3.44. The zero-order valence-electron chi connectivity index (χ0n) is 8.03. The molecule has 0 atom stereocenters. The Bertz CT molecular complexity index is 332. The van der Waals surface area contributed by atoms with E-state index in [9.17, 15) is 10.0 Å². The second kappa shape index (κ2) is 3.56. The second-order valence-corrected chi connectivity index (χ2v) is 3.44. The van der Waals surface area contributed by atoms with Crippen molar-refractivity contribution < 1.29 is 5.11 Å². The standard InChI is InChI=1S/C10H13NO2/c1-6(2)8-5-9(11-13)7(3)4-10(8)12/h4-6,12H,1-3H3. The highest BCUT2D eigenvalue weighted by atomic mass is 16.3. The van der Waals surface area contributed by atoms with Crippen LogP contribution in [0.5, 0.6) is 5.75 Å². The summed E-state index contributed by atoms with van der Waals surface area (Å²) in [5.41, 5.74) is 1.87. The Kier molecular flexibility index (Phi) is 2.66. The lowest BCUT2D eigenvalue weighted by atomic mass is 9.99. The first-order chi connectivity index (χ1) is 6.06. The van der Waals surface area contributed by atoms with Gasteiger partial charge in [-0.1, -0.05) is 13.8 Å². The van der Waals surface area contributed by atoms with E-state index in [2.05, 4.69) is 5.18 Å². The lowest BCUT2D eigenvalue weighted by Crippen LogP contribution is -1.89. The van der Waals surface area contributed by atoms with Crippen molar-refractivity contribution in [2.24, 2.45) is 5.18 Å². The molecule has 70 valence electrons. The molecule has 0 aliphatic carbocycles. The van der Waals surface area contributed by atoms with Gasteiger partial charge in [0.1, 0.15) is 11.4 Å². The first-order valence-corrected chi connectivity index (χ1v) is 4.23. The van der Waals surface area contributed by atoms with Crippen LogP contribution < -0.4 is 0 Å². The van der Waals surface area contributed by atoms with Crippen molar-refractivity contribution in [1.82, 2.24) is 0 Å². The van der Waals surface area contributed by atoms with Crippen molar-refractivity contribution in [3.05, 3.63) is 28.2 Å². The van der Waals surface area contributed by atoms with Gasteiger partial charge in [-0.2, -0.15) is 0 Å². The number of nitrogens with zero attached hydrogens (tertiary/aromatic N) is 1. The van der Waals surface area contributed by atoms with Crippen LogP contribution in [0.15, 0.2) is 17.3 Å². The molecule has 0 amide bonds. The fraction of sp³-hybridized carbons (Fsp3) is 0.400. The molecule has 1 aromatic rings. The number of hydrogen-bond acceptors (Lipinski definition) is 3. The molecule has 13 heavy (non-hydrogen) atoms. The first kappa shape index (κ1) is 9.71. The van der Waals surface area contributed by atoms with Gasteiger partial charge in [0.05, 0.1) is 0 Å². The molecule has 3 heteroatoms. The van der Waals surface area contributed by atoms with Crippen LogP contribution >= 0.6 is 0 Å². The minimum atomic E-state index is 0.195. The largest absolute Gasteiger partial charge is 0.508 e. The number of hydrogen-bond donors (Lipinski definition) is 1. The minimum absolute atomic E-state index is 0.195. The smallest absolute Gasteiger partial charge is 0.119 e. The van der Waals surface area contributed by atoms with E-state index >= 15 is 0 Å². The van der Waals surface area contributed by atoms with E-state index in [0.29, 0.717) is 11.3 Å². The van der Waals surface area contributed by atoms with Crippen molar-refractivity contribution in [2.45, 2.75) is 26.7 Å². The Morgan fingerprint density at radius 3 is 2.46 bits per heavy atom. The third-order valence-electron chi connectivity index (χ3n) is 2.07. The van der Waals surface area contributed by atoms with Crippen molar-refractivity contribution in [2.75, 3.05) is 0 Å². The molecular weight excluding hydrogens is 166 g/mol. The minimum Gasteiger partial charge on any atom is -0.508 e. The molecular formula is C10H13NO2. The van der Waals surface area contributed by atoms with Gasteiger partial charge < -0.3 is 5.11 Å². The molecule has 0 saturated carbocycles. The summed E-state index contributed by atoms with van der Waals surface area (Å²) in [6.45, 7) is 5.67. The van der Waals surface area contributed by atoms with Crippen LogP contribution in [0.25, 0.3) is 0 Å². The molecule has 0 aromatic heterocycles. The molecule has 1 rings (SSSR count). The lowest BCUT2D eigenvalue weighted by molar-refractivity contribution is 0.464. The third kappa shape index (κ3) is 1.86. The molecule has 0 aliphatic rings. The van der Waals surface area contributed by atoms with Crippen molar-refractivity contribution >= 4 is 5.69 Å². The number of aromatic hydroxyl groups is 1. The number of benzene rings is 1. The maximum absolute atomic E-state index is 10.4. The van der Waals surface area contributed by atoms with Gasteiger partial charge in [-0.25, -0.2) is 0 Å². The molecule has 1 aromatic carbocycles. The third-order valence-corrected chi connectivity index (χ3v) is 2.07. The van der Waals surface area contributed by atoms with E-state index in [4.69, 9.17) is 0 Å². The zero-order valence-corrected chi connectivity index (χ0v) is 8.03. The van der Waals surface area contributed by atoms with Gasteiger partial charge in [0.15, 0.2) is 0 Å². The molecule has 0 heterocycles. The van der Waals surface area contributed by atoms with Crippen LogP contribution in [0.4, 0.5) is 5.69 Å². The molecule has 0 radical (unpaired) electrons. The van der Waals surface area contributed by atoms with Gasteiger partial charge in [0, 0.05) is 0 Å². The fourth-order valence-corrected chi connectivity index (χ4v) is 1.26. The summed E-state index contributed by atoms with van der Waals surface area (Å²) in [6.07, 6.45) is 0. The monoisotopic (exact) mass is 179 g/mol. The SMILES string of the molecule is Cc1cc(O)c(C(C)C)cc1N=O. The Balaban J connectivity index is 3.30. The van der Waals surface area contributed by atoms with Gasteiger partial charge in [-0.3, -0.25) is 0 Å². The average molecular weight is 179 g/mol. The normalized spacial score (nSPS) is 10.5. The molecule has 0 spiro atoms. The predicted molar refractivity (Wildman–Crippen MR) is 52.4 cm³/mol. The highest BCUT2D eigenvalue weighted by Crippen LogP contribution is 2.32. The van der Waals surface area contributed by atoms with Gasteiger partial charge in [0.25, 0.3) is 0 Å². The summed E-state index contributed by atoms with van der Waals surface area (Å²) >= 11 is 0. The van der Waals surface area contributed by atoms with Crippen LogP contribution in [-0.2, 0) is 0 Å². The molecule has 1 N–H and O–H groups in total. The topological polar surface area (TPSA) is 49.7 Å². The maximum Gasteiger partial charge on any atom is 0.119 e. The quantitative estimate of drug-likeness (QED) is 0.708. The Hall–Kier alpha value is -1.38. The number of rotatable bonds is 2. The fourth-order valence-electron chi connectivity index (χ4n) is 1.26. The highest BCUT2D eigenvalue weighted by molar-refractivity contribution is 5.53. The Morgan fingerprint density at radius 1 is 1.38 bits per heavy atom. The van der Waals surface area contributed by atoms with Gasteiger partial charge in [-0.15, -0.1) is 4.91 Å². The summed E-state index contributed by atoms with van der Waals surface area (Å²) in [6, 6.07) is 3.22. The van der Waals surface area contributed by atoms with E-state index in [1.54, 1.807) is 19.1 Å². The van der Waals surface area contributed by atoms with Gasteiger partial charge >= 0.3 is 0 Å². The summed E-state index contributed by atoms with van der Waals surface area (Å²) < 4.78 is 0.